The molecular weight excluding hydrogens is 494 g/mol. The summed E-state index contributed by atoms with van der Waals surface area (Å²) in [4.78, 5) is 12.0. The van der Waals surface area contributed by atoms with Crippen LogP contribution >= 0.6 is 0 Å². The Labute approximate surface area is 250 Å². The van der Waals surface area contributed by atoms with Gasteiger partial charge < -0.3 is 15.6 Å². The van der Waals surface area contributed by atoms with Crippen molar-refractivity contribution in [2.75, 3.05) is 6.61 Å². The van der Waals surface area contributed by atoms with Gasteiger partial charge in [0.05, 0.1) is 12.1 Å². The number of aliphatic hydroxyl groups is 1. The Balaban J connectivity index is 3.46. The molecule has 2 atom stereocenters. The number of hydrogen-bond donors (Lipinski definition) is 2. The molecule has 0 heterocycles. The number of carbonyl (C=O) groups excluding carboxylic acids is 1. The van der Waals surface area contributed by atoms with Crippen molar-refractivity contribution in [3.8, 4) is 0 Å². The average Bonchev–Trinajstić information content (AvgIpc) is 2.96. The van der Waals surface area contributed by atoms with Crippen LogP contribution in [0.5, 0.6) is 0 Å². The summed E-state index contributed by atoms with van der Waals surface area (Å²) in [5, 5.41) is 10.2. The molecule has 40 heavy (non-hydrogen) atoms. The van der Waals surface area contributed by atoms with Gasteiger partial charge in [-0.25, -0.2) is 0 Å². The van der Waals surface area contributed by atoms with Crippen LogP contribution in [-0.2, 0) is 9.53 Å². The van der Waals surface area contributed by atoms with E-state index in [1.54, 1.807) is 6.08 Å². The number of rotatable bonds is 32. The molecule has 0 radical (unpaired) electrons. The van der Waals surface area contributed by atoms with E-state index < -0.39 is 12.1 Å². The largest absolute Gasteiger partial charge is 0.464 e. The van der Waals surface area contributed by atoms with Gasteiger partial charge in [-0.3, -0.25) is 4.79 Å². The number of esters is 1. The minimum Gasteiger partial charge on any atom is -0.464 e. The van der Waals surface area contributed by atoms with E-state index in [2.05, 4.69) is 13.8 Å². The second kappa shape index (κ2) is 32.6. The van der Waals surface area contributed by atoms with Crippen molar-refractivity contribution >= 4 is 5.97 Å². The molecule has 0 aliphatic heterocycles. The van der Waals surface area contributed by atoms with Crippen molar-refractivity contribution < 1.29 is 14.6 Å². The monoisotopic (exact) mass is 566 g/mol. The molecule has 0 aromatic rings. The summed E-state index contributed by atoms with van der Waals surface area (Å²) >= 11 is 0. The summed E-state index contributed by atoms with van der Waals surface area (Å²) in [6, 6.07) is -0.557. The first kappa shape index (κ1) is 39.1. The van der Waals surface area contributed by atoms with E-state index >= 15 is 0 Å². The highest BCUT2D eigenvalue weighted by Crippen LogP contribution is 2.14. The predicted molar refractivity (Wildman–Crippen MR) is 175 cm³/mol. The van der Waals surface area contributed by atoms with Gasteiger partial charge in [0.25, 0.3) is 0 Å². The second-order valence-corrected chi connectivity index (χ2v) is 12.3. The molecule has 0 aromatic carbocycles. The molecule has 0 saturated carbocycles. The maximum Gasteiger partial charge on any atom is 0.305 e. The molecular formula is C36H71NO3. The number of unbranched alkanes of at least 4 members (excludes halogenated alkanes) is 25. The van der Waals surface area contributed by atoms with E-state index in [1.807, 2.05) is 6.08 Å². The third-order valence-electron chi connectivity index (χ3n) is 8.17. The quantitative estimate of drug-likeness (QED) is 0.0483. The molecule has 0 amide bonds. The van der Waals surface area contributed by atoms with E-state index in [9.17, 15) is 9.90 Å². The Bertz CT molecular complexity index is 536. The van der Waals surface area contributed by atoms with Crippen LogP contribution in [0.1, 0.15) is 194 Å². The number of allylic oxidation sites excluding steroid dienone is 1. The van der Waals surface area contributed by atoms with Crippen molar-refractivity contribution in [2.24, 2.45) is 5.73 Å². The lowest BCUT2D eigenvalue weighted by molar-refractivity contribution is -0.144. The Morgan fingerprint density at radius 2 is 0.950 bits per heavy atom. The molecule has 3 N–H and O–H groups in total. The van der Waals surface area contributed by atoms with Gasteiger partial charge in [0.15, 0.2) is 0 Å². The minimum atomic E-state index is -0.758. The van der Waals surface area contributed by atoms with E-state index in [4.69, 9.17) is 10.5 Å². The Morgan fingerprint density at radius 1 is 0.600 bits per heavy atom. The summed E-state index contributed by atoms with van der Waals surface area (Å²) in [6.45, 7) is 4.63. The lowest BCUT2D eigenvalue weighted by Crippen LogP contribution is -2.38. The van der Waals surface area contributed by atoms with Crippen LogP contribution in [0, 0.1) is 0 Å². The molecule has 4 heteroatoms. The molecule has 0 aromatic heterocycles. The van der Waals surface area contributed by atoms with E-state index in [0.29, 0.717) is 6.42 Å². The van der Waals surface area contributed by atoms with Crippen LogP contribution in [0.4, 0.5) is 0 Å². The van der Waals surface area contributed by atoms with Gasteiger partial charge in [0, 0.05) is 6.42 Å². The van der Waals surface area contributed by atoms with Gasteiger partial charge in [0.2, 0.25) is 0 Å². The number of nitrogens with two attached hydrogens (primary N) is 1. The van der Waals surface area contributed by atoms with Gasteiger partial charge in [0.1, 0.15) is 6.61 Å². The molecule has 0 spiro atoms. The first-order valence-corrected chi connectivity index (χ1v) is 17.9. The van der Waals surface area contributed by atoms with E-state index in [0.717, 1.165) is 25.7 Å². The zero-order valence-corrected chi connectivity index (χ0v) is 27.2. The van der Waals surface area contributed by atoms with Gasteiger partial charge in [-0.15, -0.1) is 0 Å². The fraction of sp³-hybridized carbons (Fsp3) is 0.917. The lowest BCUT2D eigenvalue weighted by Gasteiger charge is -2.15. The average molecular weight is 566 g/mol. The van der Waals surface area contributed by atoms with Gasteiger partial charge in [-0.05, 0) is 19.3 Å². The van der Waals surface area contributed by atoms with Gasteiger partial charge in [-0.1, -0.05) is 180 Å². The highest BCUT2D eigenvalue weighted by molar-refractivity contribution is 5.69. The summed E-state index contributed by atoms with van der Waals surface area (Å²) < 4.78 is 5.31. The molecule has 2 unspecified atom stereocenters. The van der Waals surface area contributed by atoms with Crippen molar-refractivity contribution in [1.82, 2.24) is 0 Å². The molecule has 0 rings (SSSR count). The van der Waals surface area contributed by atoms with E-state index in [1.165, 1.54) is 148 Å². The van der Waals surface area contributed by atoms with Crippen molar-refractivity contribution in [1.29, 1.82) is 0 Å². The third-order valence-corrected chi connectivity index (χ3v) is 8.17. The zero-order chi connectivity index (χ0) is 29.4. The SMILES string of the molecule is CCCCCCCCCCCCC/C=C/C(O)C(N)COC(=O)CCCCCCCCCCCCCCCCC. The Kier molecular flexibility index (Phi) is 31.9. The Hall–Kier alpha value is -0.870. The maximum absolute atomic E-state index is 12.0. The van der Waals surface area contributed by atoms with Crippen LogP contribution < -0.4 is 5.73 Å². The summed E-state index contributed by atoms with van der Waals surface area (Å²) in [5.74, 6) is -0.192. The fourth-order valence-electron chi connectivity index (χ4n) is 5.31. The standard InChI is InChI=1S/C36H71NO3/c1-3-5-7-9-11-13-15-17-18-20-22-24-26-28-30-32-36(39)40-33-34(37)35(38)31-29-27-25-23-21-19-16-14-12-10-8-6-4-2/h29,31,34-35,38H,3-28,30,32-33,37H2,1-2H3/b31-29+. The van der Waals surface area contributed by atoms with Crippen LogP contribution in [0.15, 0.2) is 12.2 Å². The number of ether oxygens (including phenoxy) is 1. The molecule has 238 valence electrons. The Morgan fingerprint density at radius 3 is 1.35 bits per heavy atom. The molecule has 0 bridgehead atoms. The maximum atomic E-state index is 12.0. The lowest BCUT2D eigenvalue weighted by atomic mass is 10.0. The molecule has 0 fully saturated rings. The highest BCUT2D eigenvalue weighted by atomic mass is 16.5. The third kappa shape index (κ3) is 30.1. The van der Waals surface area contributed by atoms with Crippen molar-refractivity contribution in [3.63, 3.8) is 0 Å². The van der Waals surface area contributed by atoms with Crippen molar-refractivity contribution in [3.05, 3.63) is 12.2 Å². The smallest absolute Gasteiger partial charge is 0.305 e. The highest BCUT2D eigenvalue weighted by Gasteiger charge is 2.14. The number of hydrogen-bond acceptors (Lipinski definition) is 4. The fourth-order valence-corrected chi connectivity index (χ4v) is 5.31. The first-order valence-electron chi connectivity index (χ1n) is 17.9. The van der Waals surface area contributed by atoms with E-state index in [-0.39, 0.29) is 12.6 Å². The van der Waals surface area contributed by atoms with Crippen molar-refractivity contribution in [2.45, 2.75) is 206 Å². The van der Waals surface area contributed by atoms with Gasteiger partial charge in [-0.2, -0.15) is 0 Å². The van der Waals surface area contributed by atoms with Gasteiger partial charge >= 0.3 is 5.97 Å². The summed E-state index contributed by atoms with van der Waals surface area (Å²) in [6.07, 6.45) is 38.9. The molecule has 0 aliphatic rings. The predicted octanol–water partition coefficient (Wildman–Crippen LogP) is 10.7. The second-order valence-electron chi connectivity index (χ2n) is 12.3. The van der Waals surface area contributed by atoms with Crippen LogP contribution in [-0.4, -0.2) is 29.8 Å². The topological polar surface area (TPSA) is 72.6 Å². The number of aliphatic hydroxyl groups excluding tert-OH is 1. The summed E-state index contributed by atoms with van der Waals surface area (Å²) in [5.41, 5.74) is 6.02. The first-order chi connectivity index (χ1) is 19.6. The summed E-state index contributed by atoms with van der Waals surface area (Å²) in [7, 11) is 0. The van der Waals surface area contributed by atoms with Crippen LogP contribution in [0.3, 0.4) is 0 Å². The zero-order valence-electron chi connectivity index (χ0n) is 27.2. The minimum absolute atomic E-state index is 0.0848. The van der Waals surface area contributed by atoms with Crippen LogP contribution in [0.25, 0.3) is 0 Å². The number of carbonyl (C=O) groups is 1. The van der Waals surface area contributed by atoms with Crippen LogP contribution in [0.2, 0.25) is 0 Å². The normalized spacial score (nSPS) is 13.2. The molecule has 4 nitrogen and oxygen atoms in total. The molecule has 0 saturated heterocycles. The molecule has 0 aliphatic carbocycles.